The topological polar surface area (TPSA) is 55.1 Å². The smallest absolute Gasteiger partial charge is 0.237 e. The van der Waals surface area contributed by atoms with Gasteiger partial charge in [0.2, 0.25) is 5.91 Å². The van der Waals surface area contributed by atoms with E-state index in [1.807, 2.05) is 6.26 Å². The van der Waals surface area contributed by atoms with Crippen molar-refractivity contribution in [3.05, 3.63) is 35.4 Å². The molecule has 7 heteroatoms. The fourth-order valence-corrected chi connectivity index (χ4v) is 2.12. The maximum atomic E-state index is 13.5. The Balaban J connectivity index is 0.00000361. The second-order valence-corrected chi connectivity index (χ2v) is 5.27. The van der Waals surface area contributed by atoms with Crippen LogP contribution in [0.15, 0.2) is 18.2 Å². The van der Waals surface area contributed by atoms with Gasteiger partial charge in [0.15, 0.2) is 0 Å². The van der Waals surface area contributed by atoms with Crippen LogP contribution in [0.25, 0.3) is 0 Å². The average molecular weight is 325 g/mol. The van der Waals surface area contributed by atoms with Crippen molar-refractivity contribution in [3.63, 3.8) is 0 Å². The summed E-state index contributed by atoms with van der Waals surface area (Å²) in [5.41, 5.74) is 5.96. The number of rotatable bonds is 6. The van der Waals surface area contributed by atoms with Crippen molar-refractivity contribution in [2.45, 2.75) is 25.4 Å². The van der Waals surface area contributed by atoms with E-state index in [0.29, 0.717) is 6.42 Å². The lowest BCUT2D eigenvalue weighted by atomic mass is 10.1. The van der Waals surface area contributed by atoms with Crippen LogP contribution in [0.3, 0.4) is 0 Å². The van der Waals surface area contributed by atoms with Gasteiger partial charge in [-0.3, -0.25) is 4.79 Å². The summed E-state index contributed by atoms with van der Waals surface area (Å²) >= 11 is 1.61. The van der Waals surface area contributed by atoms with Gasteiger partial charge < -0.3 is 11.1 Å². The van der Waals surface area contributed by atoms with Gasteiger partial charge in [-0.05, 0) is 31.4 Å². The van der Waals surface area contributed by atoms with Crippen molar-refractivity contribution < 1.29 is 13.6 Å². The fourth-order valence-electron chi connectivity index (χ4n) is 1.63. The van der Waals surface area contributed by atoms with E-state index in [-0.39, 0.29) is 23.9 Å². The number of nitrogens with one attached hydrogen (secondary N) is 1. The molecule has 0 aromatic heterocycles. The van der Waals surface area contributed by atoms with Crippen LogP contribution in [0.5, 0.6) is 0 Å². The number of carbonyl (C=O) groups is 1. The molecule has 0 heterocycles. The predicted molar refractivity (Wildman–Crippen MR) is 81.1 cm³/mol. The van der Waals surface area contributed by atoms with Crippen molar-refractivity contribution in [3.8, 4) is 0 Å². The molecule has 114 valence electrons. The summed E-state index contributed by atoms with van der Waals surface area (Å²) in [4.78, 5) is 11.8. The second kappa shape index (κ2) is 9.15. The molecule has 3 N–H and O–H groups in total. The second-order valence-electron chi connectivity index (χ2n) is 4.28. The number of hydrogen-bond donors (Lipinski definition) is 2. The Hall–Kier alpha value is -0.850. The summed E-state index contributed by atoms with van der Waals surface area (Å²) in [5.74, 6) is -0.861. The van der Waals surface area contributed by atoms with Gasteiger partial charge in [-0.2, -0.15) is 11.8 Å². The van der Waals surface area contributed by atoms with E-state index in [0.717, 1.165) is 17.9 Å². The first-order valence-electron chi connectivity index (χ1n) is 5.95. The van der Waals surface area contributed by atoms with Crippen LogP contribution in [0.4, 0.5) is 8.78 Å². The number of benzene rings is 1. The zero-order valence-corrected chi connectivity index (χ0v) is 13.0. The molecule has 20 heavy (non-hydrogen) atoms. The van der Waals surface area contributed by atoms with E-state index in [9.17, 15) is 13.6 Å². The maximum Gasteiger partial charge on any atom is 0.237 e. The molecular formula is C13H19ClF2N2OS. The molecule has 1 rings (SSSR count). The first kappa shape index (κ1) is 19.1. The lowest BCUT2D eigenvalue weighted by Gasteiger charge is -2.18. The summed E-state index contributed by atoms with van der Waals surface area (Å²) in [6.07, 6.45) is 2.49. The van der Waals surface area contributed by atoms with Crippen molar-refractivity contribution in [2.75, 3.05) is 12.0 Å². The lowest BCUT2D eigenvalue weighted by molar-refractivity contribution is -0.123. The van der Waals surface area contributed by atoms with Gasteiger partial charge in [0.1, 0.15) is 11.6 Å². The van der Waals surface area contributed by atoms with Crippen LogP contribution in [0.1, 0.15) is 24.9 Å². The van der Waals surface area contributed by atoms with E-state index in [4.69, 9.17) is 5.73 Å². The summed E-state index contributed by atoms with van der Waals surface area (Å²) < 4.78 is 26.3. The van der Waals surface area contributed by atoms with Crippen LogP contribution in [-0.2, 0) is 4.79 Å². The van der Waals surface area contributed by atoms with Crippen molar-refractivity contribution in [1.82, 2.24) is 5.32 Å². The minimum Gasteiger partial charge on any atom is -0.348 e. The molecule has 0 bridgehead atoms. The molecule has 1 amide bonds. The van der Waals surface area contributed by atoms with E-state index < -0.39 is 23.7 Å². The highest BCUT2D eigenvalue weighted by atomic mass is 35.5. The molecule has 1 unspecified atom stereocenters. The monoisotopic (exact) mass is 324 g/mol. The van der Waals surface area contributed by atoms with E-state index >= 15 is 0 Å². The maximum absolute atomic E-state index is 13.5. The zero-order valence-electron chi connectivity index (χ0n) is 11.4. The van der Waals surface area contributed by atoms with Crippen molar-refractivity contribution in [2.24, 2.45) is 5.73 Å². The molecule has 0 saturated carbocycles. The normalized spacial score (nSPS) is 13.2. The SMILES string of the molecule is CSCC[C@H](N)C(=O)NC(C)c1ccc(F)cc1F.Cl. The van der Waals surface area contributed by atoms with Crippen LogP contribution in [0.2, 0.25) is 0 Å². The summed E-state index contributed by atoms with van der Waals surface area (Å²) in [6, 6.07) is 2.12. The molecule has 1 aromatic carbocycles. The Bertz CT molecular complexity index is 448. The molecule has 0 aliphatic heterocycles. The molecule has 0 fully saturated rings. The molecule has 0 radical (unpaired) electrons. The van der Waals surface area contributed by atoms with Crippen molar-refractivity contribution >= 4 is 30.1 Å². The third-order valence-electron chi connectivity index (χ3n) is 2.76. The highest BCUT2D eigenvalue weighted by Crippen LogP contribution is 2.17. The van der Waals surface area contributed by atoms with Gasteiger partial charge in [0.25, 0.3) is 0 Å². The summed E-state index contributed by atoms with van der Waals surface area (Å²) in [7, 11) is 0. The van der Waals surface area contributed by atoms with E-state index in [2.05, 4.69) is 5.32 Å². The van der Waals surface area contributed by atoms with Gasteiger partial charge >= 0.3 is 0 Å². The minimum atomic E-state index is -0.675. The standard InChI is InChI=1S/C13H18F2N2OS.ClH/c1-8(10-4-3-9(14)7-11(10)15)17-13(18)12(16)5-6-19-2;/h3-4,7-8,12H,5-6,16H2,1-2H3,(H,17,18);1H/t8?,12-;/m0./s1. The Morgan fingerprint density at radius 2 is 2.10 bits per heavy atom. The number of nitrogens with two attached hydrogens (primary N) is 1. The van der Waals surface area contributed by atoms with Gasteiger partial charge in [0, 0.05) is 11.6 Å². The molecule has 1 aromatic rings. The fraction of sp³-hybridized carbons (Fsp3) is 0.462. The first-order chi connectivity index (χ1) is 8.95. The quantitative estimate of drug-likeness (QED) is 0.846. The number of carbonyl (C=O) groups excluding carboxylic acids is 1. The lowest BCUT2D eigenvalue weighted by Crippen LogP contribution is -2.42. The summed E-state index contributed by atoms with van der Waals surface area (Å²) in [6.45, 7) is 1.63. The Labute approximate surface area is 128 Å². The number of halogens is 3. The third kappa shape index (κ3) is 5.64. The van der Waals surface area contributed by atoms with Gasteiger partial charge in [-0.25, -0.2) is 8.78 Å². The third-order valence-corrected chi connectivity index (χ3v) is 3.40. The first-order valence-corrected chi connectivity index (χ1v) is 7.35. The Morgan fingerprint density at radius 3 is 2.65 bits per heavy atom. The summed E-state index contributed by atoms with van der Waals surface area (Å²) in [5, 5.41) is 2.63. The number of amides is 1. The van der Waals surface area contributed by atoms with Gasteiger partial charge in [0.05, 0.1) is 12.1 Å². The molecule has 3 nitrogen and oxygen atoms in total. The molecule has 0 saturated heterocycles. The van der Waals surface area contributed by atoms with Crippen molar-refractivity contribution in [1.29, 1.82) is 0 Å². The Morgan fingerprint density at radius 1 is 1.45 bits per heavy atom. The number of hydrogen-bond acceptors (Lipinski definition) is 3. The average Bonchev–Trinajstić information content (AvgIpc) is 2.35. The highest BCUT2D eigenvalue weighted by Gasteiger charge is 2.18. The molecule has 0 aliphatic rings. The molecule has 0 spiro atoms. The van der Waals surface area contributed by atoms with E-state index in [1.165, 1.54) is 6.07 Å². The van der Waals surface area contributed by atoms with Crippen LogP contribution < -0.4 is 11.1 Å². The zero-order chi connectivity index (χ0) is 14.4. The number of thioether (sulfide) groups is 1. The van der Waals surface area contributed by atoms with Gasteiger partial charge in [-0.1, -0.05) is 6.07 Å². The van der Waals surface area contributed by atoms with E-state index in [1.54, 1.807) is 18.7 Å². The minimum absolute atomic E-state index is 0. The largest absolute Gasteiger partial charge is 0.348 e. The van der Waals surface area contributed by atoms with Crippen LogP contribution >= 0.6 is 24.2 Å². The molecule has 0 aliphatic carbocycles. The Kier molecular flexibility index (Phi) is 8.76. The highest BCUT2D eigenvalue weighted by molar-refractivity contribution is 7.98. The van der Waals surface area contributed by atoms with Gasteiger partial charge in [-0.15, -0.1) is 12.4 Å². The van der Waals surface area contributed by atoms with Crippen LogP contribution in [0, 0.1) is 11.6 Å². The van der Waals surface area contributed by atoms with Crippen LogP contribution in [-0.4, -0.2) is 24.0 Å². The molecular weight excluding hydrogens is 306 g/mol. The molecule has 2 atom stereocenters. The predicted octanol–water partition coefficient (Wildman–Crippen LogP) is 2.64.